The van der Waals surface area contributed by atoms with Crippen LogP contribution in [0.1, 0.15) is 19.8 Å². The summed E-state index contributed by atoms with van der Waals surface area (Å²) >= 11 is 0. The number of rotatable bonds is 7. The standard InChI is InChI=1S/C13H25N3O2.HI/c1-3-7-15-12(14-4-2)16-10-13(5-8-17)6-9-18-11-13;/h3,17H,1,4-11H2,2H3,(H2,14,15,16);1H. The maximum absolute atomic E-state index is 9.15. The Morgan fingerprint density at radius 2 is 2.32 bits per heavy atom. The third kappa shape index (κ3) is 6.58. The fourth-order valence-corrected chi connectivity index (χ4v) is 2.04. The molecule has 1 saturated heterocycles. The van der Waals surface area contributed by atoms with Crippen molar-refractivity contribution in [3.05, 3.63) is 12.7 Å². The molecule has 1 aliphatic rings. The molecule has 1 rings (SSSR count). The summed E-state index contributed by atoms with van der Waals surface area (Å²) < 4.78 is 5.45. The Hall–Kier alpha value is -0.340. The summed E-state index contributed by atoms with van der Waals surface area (Å²) in [6.45, 7) is 9.56. The first-order valence-corrected chi connectivity index (χ1v) is 6.58. The van der Waals surface area contributed by atoms with Gasteiger partial charge in [0.05, 0.1) is 13.2 Å². The third-order valence-electron chi connectivity index (χ3n) is 3.16. The number of aliphatic hydroxyl groups excluding tert-OH is 1. The van der Waals surface area contributed by atoms with Gasteiger partial charge in [0, 0.05) is 31.7 Å². The first kappa shape index (κ1) is 18.7. The van der Waals surface area contributed by atoms with Crippen LogP contribution < -0.4 is 10.6 Å². The zero-order valence-corrected chi connectivity index (χ0v) is 14.0. The van der Waals surface area contributed by atoms with Crippen molar-refractivity contribution in [2.24, 2.45) is 10.4 Å². The molecule has 0 aliphatic carbocycles. The Labute approximate surface area is 132 Å². The summed E-state index contributed by atoms with van der Waals surface area (Å²) in [5.41, 5.74) is 0.00524. The minimum Gasteiger partial charge on any atom is -0.396 e. The number of halogens is 1. The number of nitrogens with zero attached hydrogens (tertiary/aromatic N) is 1. The van der Waals surface area contributed by atoms with Gasteiger partial charge in [-0.2, -0.15) is 0 Å². The maximum Gasteiger partial charge on any atom is 0.191 e. The van der Waals surface area contributed by atoms with Crippen LogP contribution in [0, 0.1) is 5.41 Å². The van der Waals surface area contributed by atoms with Gasteiger partial charge in [-0.05, 0) is 19.8 Å². The highest BCUT2D eigenvalue weighted by Crippen LogP contribution is 2.32. The van der Waals surface area contributed by atoms with Crippen molar-refractivity contribution in [1.82, 2.24) is 10.6 Å². The van der Waals surface area contributed by atoms with E-state index in [0.717, 1.165) is 32.0 Å². The molecule has 0 aromatic heterocycles. The Morgan fingerprint density at radius 1 is 1.53 bits per heavy atom. The maximum atomic E-state index is 9.15. The number of hydrogen-bond acceptors (Lipinski definition) is 3. The highest BCUT2D eigenvalue weighted by molar-refractivity contribution is 14.0. The van der Waals surface area contributed by atoms with Crippen molar-refractivity contribution < 1.29 is 9.84 Å². The molecule has 1 unspecified atom stereocenters. The highest BCUT2D eigenvalue weighted by atomic mass is 127. The van der Waals surface area contributed by atoms with Crippen LogP contribution in [0.2, 0.25) is 0 Å². The molecular formula is C13H26IN3O2. The monoisotopic (exact) mass is 383 g/mol. The molecule has 1 fully saturated rings. The van der Waals surface area contributed by atoms with E-state index < -0.39 is 0 Å². The second-order valence-corrected chi connectivity index (χ2v) is 4.64. The lowest BCUT2D eigenvalue weighted by molar-refractivity contribution is 0.131. The molecule has 0 amide bonds. The molecule has 0 aromatic rings. The van der Waals surface area contributed by atoms with E-state index in [-0.39, 0.29) is 36.0 Å². The molecule has 3 N–H and O–H groups in total. The number of aliphatic hydroxyl groups is 1. The van der Waals surface area contributed by atoms with Crippen LogP contribution in [0.3, 0.4) is 0 Å². The van der Waals surface area contributed by atoms with Crippen LogP contribution in [-0.2, 0) is 4.74 Å². The Bertz CT molecular complexity index is 279. The van der Waals surface area contributed by atoms with Crippen LogP contribution in [0.15, 0.2) is 17.6 Å². The quantitative estimate of drug-likeness (QED) is 0.267. The van der Waals surface area contributed by atoms with Crippen molar-refractivity contribution in [3.8, 4) is 0 Å². The number of nitrogens with one attached hydrogen (secondary N) is 2. The summed E-state index contributed by atoms with van der Waals surface area (Å²) in [4.78, 5) is 4.58. The summed E-state index contributed by atoms with van der Waals surface area (Å²) in [7, 11) is 0. The van der Waals surface area contributed by atoms with Gasteiger partial charge in [0.2, 0.25) is 0 Å². The first-order chi connectivity index (χ1) is 8.76. The van der Waals surface area contributed by atoms with Crippen molar-refractivity contribution in [2.75, 3.05) is 39.5 Å². The van der Waals surface area contributed by atoms with Gasteiger partial charge in [-0.15, -0.1) is 30.6 Å². The summed E-state index contributed by atoms with van der Waals surface area (Å²) in [5, 5.41) is 15.5. The van der Waals surface area contributed by atoms with E-state index in [1.165, 1.54) is 0 Å². The van der Waals surface area contributed by atoms with E-state index in [4.69, 9.17) is 9.84 Å². The van der Waals surface area contributed by atoms with E-state index in [1.54, 1.807) is 6.08 Å². The SMILES string of the molecule is C=CCNC(=NCC1(CCO)CCOC1)NCC.I. The second-order valence-electron chi connectivity index (χ2n) is 4.64. The lowest BCUT2D eigenvalue weighted by atomic mass is 9.84. The summed E-state index contributed by atoms with van der Waals surface area (Å²) in [6.07, 6.45) is 3.52. The van der Waals surface area contributed by atoms with E-state index >= 15 is 0 Å². The van der Waals surface area contributed by atoms with Crippen LogP contribution in [0.25, 0.3) is 0 Å². The normalized spacial score (nSPS) is 22.7. The smallest absolute Gasteiger partial charge is 0.191 e. The third-order valence-corrected chi connectivity index (χ3v) is 3.16. The van der Waals surface area contributed by atoms with Crippen LogP contribution in [0.4, 0.5) is 0 Å². The topological polar surface area (TPSA) is 65.9 Å². The number of guanidine groups is 1. The van der Waals surface area contributed by atoms with Crippen LogP contribution in [-0.4, -0.2) is 50.5 Å². The number of hydrogen-bond donors (Lipinski definition) is 3. The Balaban J connectivity index is 0.00000324. The summed E-state index contributed by atoms with van der Waals surface area (Å²) in [5.74, 6) is 0.793. The van der Waals surface area contributed by atoms with Crippen molar-refractivity contribution in [2.45, 2.75) is 19.8 Å². The highest BCUT2D eigenvalue weighted by Gasteiger charge is 2.34. The lowest BCUT2D eigenvalue weighted by Crippen LogP contribution is -2.38. The van der Waals surface area contributed by atoms with Crippen molar-refractivity contribution in [1.29, 1.82) is 0 Å². The summed E-state index contributed by atoms with van der Waals surface area (Å²) in [6, 6.07) is 0. The average molecular weight is 383 g/mol. The number of ether oxygens (including phenoxy) is 1. The van der Waals surface area contributed by atoms with E-state index in [2.05, 4.69) is 22.2 Å². The van der Waals surface area contributed by atoms with Crippen molar-refractivity contribution >= 4 is 29.9 Å². The van der Waals surface area contributed by atoms with Gasteiger partial charge >= 0.3 is 0 Å². The molecule has 0 spiro atoms. The van der Waals surface area contributed by atoms with E-state index in [0.29, 0.717) is 19.7 Å². The van der Waals surface area contributed by atoms with Gasteiger partial charge < -0.3 is 20.5 Å². The molecular weight excluding hydrogens is 357 g/mol. The van der Waals surface area contributed by atoms with Gasteiger partial charge in [-0.25, -0.2) is 0 Å². The van der Waals surface area contributed by atoms with Gasteiger partial charge in [0.15, 0.2) is 5.96 Å². The molecule has 19 heavy (non-hydrogen) atoms. The van der Waals surface area contributed by atoms with Gasteiger partial charge in [-0.1, -0.05) is 6.08 Å². The Morgan fingerprint density at radius 3 is 2.84 bits per heavy atom. The fourth-order valence-electron chi connectivity index (χ4n) is 2.04. The molecule has 5 nitrogen and oxygen atoms in total. The second kappa shape index (κ2) is 10.4. The first-order valence-electron chi connectivity index (χ1n) is 6.58. The zero-order valence-electron chi connectivity index (χ0n) is 11.7. The molecule has 6 heteroatoms. The molecule has 1 atom stereocenters. The van der Waals surface area contributed by atoms with E-state index in [1.807, 2.05) is 6.92 Å². The minimum atomic E-state index is 0. The zero-order chi connectivity index (χ0) is 13.3. The van der Waals surface area contributed by atoms with Gasteiger partial charge in [0.1, 0.15) is 0 Å². The Kier molecular flexibility index (Phi) is 10.3. The fraction of sp³-hybridized carbons (Fsp3) is 0.769. The molecule has 112 valence electrons. The predicted octanol–water partition coefficient (Wildman–Crippen LogP) is 1.13. The van der Waals surface area contributed by atoms with Gasteiger partial charge in [0.25, 0.3) is 0 Å². The molecule has 1 aliphatic heterocycles. The molecule has 0 aromatic carbocycles. The molecule has 0 bridgehead atoms. The van der Waals surface area contributed by atoms with Crippen LogP contribution in [0.5, 0.6) is 0 Å². The molecule has 0 saturated carbocycles. The average Bonchev–Trinajstić information content (AvgIpc) is 2.82. The molecule has 0 radical (unpaired) electrons. The van der Waals surface area contributed by atoms with Gasteiger partial charge in [-0.3, -0.25) is 4.99 Å². The molecule has 1 heterocycles. The minimum absolute atomic E-state index is 0. The van der Waals surface area contributed by atoms with E-state index in [9.17, 15) is 0 Å². The number of aliphatic imine (C=N–C) groups is 1. The lowest BCUT2D eigenvalue weighted by Gasteiger charge is -2.24. The van der Waals surface area contributed by atoms with Crippen LogP contribution >= 0.6 is 24.0 Å². The predicted molar refractivity (Wildman–Crippen MR) is 89.2 cm³/mol. The largest absolute Gasteiger partial charge is 0.396 e. The van der Waals surface area contributed by atoms with Crippen molar-refractivity contribution in [3.63, 3.8) is 0 Å².